The van der Waals surface area contributed by atoms with Crippen LogP contribution in [0, 0.1) is 0 Å². The number of rotatable bonds is 1. The van der Waals surface area contributed by atoms with Crippen LogP contribution in [0.4, 0.5) is 0 Å². The third kappa shape index (κ3) is 1.52. The normalized spacial score (nSPS) is 46.0. The van der Waals surface area contributed by atoms with Gasteiger partial charge in [0.2, 0.25) is 5.60 Å². The second-order valence-corrected chi connectivity index (χ2v) is 3.01. The quantitative estimate of drug-likeness (QED) is 0.310. The highest BCUT2D eigenvalue weighted by Crippen LogP contribution is 2.23. The summed E-state index contributed by atoms with van der Waals surface area (Å²) in [6.07, 6.45) is -4.79. The fourth-order valence-corrected chi connectivity index (χ4v) is 0.982. The lowest BCUT2D eigenvalue weighted by Gasteiger charge is -2.39. The molecule has 76 valence electrons. The van der Waals surface area contributed by atoms with Crippen LogP contribution in [0.5, 0.6) is 0 Å². The van der Waals surface area contributed by atoms with Crippen molar-refractivity contribution in [3.05, 3.63) is 0 Å². The average molecular weight is 193 g/mol. The SMILES string of the molecule is CC1(C(=O)O)ONC(O)C(O)C1O. The summed E-state index contributed by atoms with van der Waals surface area (Å²) < 4.78 is 0. The number of hydrogen-bond acceptors (Lipinski definition) is 6. The Morgan fingerprint density at radius 2 is 2.00 bits per heavy atom. The van der Waals surface area contributed by atoms with Gasteiger partial charge in [-0.05, 0) is 6.92 Å². The van der Waals surface area contributed by atoms with E-state index < -0.39 is 30.0 Å². The Hall–Kier alpha value is -0.730. The predicted octanol–water partition coefficient (Wildman–Crippen LogP) is -2.60. The minimum atomic E-state index is -1.96. The van der Waals surface area contributed by atoms with Gasteiger partial charge in [0.05, 0.1) is 0 Å². The van der Waals surface area contributed by atoms with Gasteiger partial charge in [-0.3, -0.25) is 4.84 Å². The van der Waals surface area contributed by atoms with Crippen LogP contribution in [-0.4, -0.2) is 50.4 Å². The third-order valence-electron chi connectivity index (χ3n) is 2.03. The molecule has 0 aromatic rings. The number of carboxylic acids is 1. The number of carbonyl (C=O) groups is 1. The van der Waals surface area contributed by atoms with E-state index in [4.69, 9.17) is 15.3 Å². The van der Waals surface area contributed by atoms with Crippen LogP contribution in [0.15, 0.2) is 0 Å². The summed E-state index contributed by atoms with van der Waals surface area (Å²) in [5, 5.41) is 36.0. The van der Waals surface area contributed by atoms with Gasteiger partial charge in [-0.25, -0.2) is 4.79 Å². The highest BCUT2D eigenvalue weighted by Gasteiger charge is 2.52. The van der Waals surface area contributed by atoms with Crippen LogP contribution >= 0.6 is 0 Å². The summed E-state index contributed by atoms with van der Waals surface area (Å²) in [5.74, 6) is -1.43. The topological polar surface area (TPSA) is 119 Å². The van der Waals surface area contributed by atoms with Crippen molar-refractivity contribution in [2.45, 2.75) is 31.0 Å². The molecule has 1 fully saturated rings. The van der Waals surface area contributed by atoms with E-state index in [2.05, 4.69) is 4.84 Å². The lowest BCUT2D eigenvalue weighted by molar-refractivity contribution is -0.274. The van der Waals surface area contributed by atoms with Crippen molar-refractivity contribution in [1.29, 1.82) is 0 Å². The zero-order valence-corrected chi connectivity index (χ0v) is 6.84. The second-order valence-electron chi connectivity index (χ2n) is 3.01. The largest absolute Gasteiger partial charge is 0.479 e. The molecule has 1 heterocycles. The van der Waals surface area contributed by atoms with E-state index in [-0.39, 0.29) is 0 Å². The summed E-state index contributed by atoms with van der Waals surface area (Å²) in [6, 6.07) is 0. The lowest BCUT2D eigenvalue weighted by atomic mass is 9.93. The van der Waals surface area contributed by atoms with Crippen molar-refractivity contribution in [1.82, 2.24) is 5.48 Å². The fraction of sp³-hybridized carbons (Fsp3) is 0.833. The average Bonchev–Trinajstić information content (AvgIpc) is 2.08. The molecular formula is C6H11NO6. The summed E-state index contributed by atoms with van der Waals surface area (Å²) >= 11 is 0. The van der Waals surface area contributed by atoms with E-state index in [1.807, 2.05) is 5.48 Å². The summed E-state index contributed by atoms with van der Waals surface area (Å²) in [7, 11) is 0. The highest BCUT2D eigenvalue weighted by atomic mass is 16.7. The van der Waals surface area contributed by atoms with Gasteiger partial charge in [-0.2, -0.15) is 5.48 Å². The number of hydroxylamine groups is 1. The molecule has 13 heavy (non-hydrogen) atoms. The molecular weight excluding hydrogens is 182 g/mol. The van der Waals surface area contributed by atoms with E-state index >= 15 is 0 Å². The first-order chi connectivity index (χ1) is 5.89. The van der Waals surface area contributed by atoms with Gasteiger partial charge in [0.15, 0.2) is 6.23 Å². The Balaban J connectivity index is 2.85. The summed E-state index contributed by atoms with van der Waals surface area (Å²) in [6.45, 7) is 1.09. The fourth-order valence-electron chi connectivity index (χ4n) is 0.982. The zero-order chi connectivity index (χ0) is 10.2. The highest BCUT2D eigenvalue weighted by molar-refractivity contribution is 5.78. The Bertz CT molecular complexity index is 221. The van der Waals surface area contributed by atoms with E-state index in [0.29, 0.717) is 0 Å². The summed E-state index contributed by atoms with van der Waals surface area (Å²) in [5.41, 5.74) is -0.0609. The number of aliphatic hydroxyl groups is 3. The standard InChI is InChI=1S/C6H11NO6/c1-6(5(11)12)3(9)2(8)4(10)7-13-6/h2-4,7-10H,1H3,(H,11,12). The molecule has 7 heteroatoms. The van der Waals surface area contributed by atoms with Crippen LogP contribution < -0.4 is 5.48 Å². The van der Waals surface area contributed by atoms with E-state index in [0.717, 1.165) is 6.92 Å². The molecule has 4 unspecified atom stereocenters. The van der Waals surface area contributed by atoms with Gasteiger partial charge in [0.1, 0.15) is 12.2 Å². The van der Waals surface area contributed by atoms with Crippen molar-refractivity contribution >= 4 is 5.97 Å². The van der Waals surface area contributed by atoms with Crippen LogP contribution in [0.2, 0.25) is 0 Å². The number of hydrogen-bond donors (Lipinski definition) is 5. The number of aliphatic hydroxyl groups excluding tert-OH is 3. The zero-order valence-electron chi connectivity index (χ0n) is 6.84. The van der Waals surface area contributed by atoms with Crippen molar-refractivity contribution in [3.8, 4) is 0 Å². The Morgan fingerprint density at radius 3 is 2.46 bits per heavy atom. The summed E-state index contributed by atoms with van der Waals surface area (Å²) in [4.78, 5) is 15.1. The first-order valence-electron chi connectivity index (χ1n) is 3.60. The van der Waals surface area contributed by atoms with Crippen molar-refractivity contribution in [2.24, 2.45) is 0 Å². The van der Waals surface area contributed by atoms with E-state index in [1.54, 1.807) is 0 Å². The molecule has 0 amide bonds. The van der Waals surface area contributed by atoms with Crippen molar-refractivity contribution in [2.75, 3.05) is 0 Å². The molecule has 1 aliphatic heterocycles. The second kappa shape index (κ2) is 3.20. The van der Waals surface area contributed by atoms with E-state index in [1.165, 1.54) is 0 Å². The molecule has 1 rings (SSSR count). The van der Waals surface area contributed by atoms with E-state index in [9.17, 15) is 9.90 Å². The number of carboxylic acid groups (broad SMARTS) is 1. The molecule has 0 aliphatic carbocycles. The minimum absolute atomic E-state index is 1.09. The van der Waals surface area contributed by atoms with Crippen LogP contribution in [0.25, 0.3) is 0 Å². The molecule has 0 bridgehead atoms. The van der Waals surface area contributed by atoms with Crippen LogP contribution in [0.3, 0.4) is 0 Å². The Morgan fingerprint density at radius 1 is 1.46 bits per heavy atom. The van der Waals surface area contributed by atoms with Gasteiger partial charge >= 0.3 is 5.97 Å². The first kappa shape index (κ1) is 10.4. The van der Waals surface area contributed by atoms with Gasteiger partial charge in [0.25, 0.3) is 0 Å². The maximum atomic E-state index is 10.6. The first-order valence-corrected chi connectivity index (χ1v) is 3.60. The molecule has 4 atom stereocenters. The van der Waals surface area contributed by atoms with Crippen LogP contribution in [0.1, 0.15) is 6.92 Å². The van der Waals surface area contributed by atoms with Gasteiger partial charge in [-0.15, -0.1) is 0 Å². The Kier molecular flexibility index (Phi) is 2.55. The molecule has 7 nitrogen and oxygen atoms in total. The molecule has 0 spiro atoms. The van der Waals surface area contributed by atoms with Crippen molar-refractivity contribution in [3.63, 3.8) is 0 Å². The molecule has 0 aromatic carbocycles. The smallest absolute Gasteiger partial charge is 0.340 e. The molecule has 0 saturated carbocycles. The maximum Gasteiger partial charge on any atom is 0.340 e. The number of nitrogens with one attached hydrogen (secondary N) is 1. The van der Waals surface area contributed by atoms with Gasteiger partial charge < -0.3 is 20.4 Å². The number of aliphatic carboxylic acids is 1. The maximum absolute atomic E-state index is 10.6. The molecule has 0 aromatic heterocycles. The van der Waals surface area contributed by atoms with Crippen LogP contribution in [-0.2, 0) is 9.63 Å². The Labute approximate surface area is 73.5 Å². The third-order valence-corrected chi connectivity index (χ3v) is 2.03. The monoisotopic (exact) mass is 193 g/mol. The minimum Gasteiger partial charge on any atom is -0.479 e. The molecule has 1 aliphatic rings. The molecule has 0 radical (unpaired) electrons. The predicted molar refractivity (Wildman–Crippen MR) is 38.3 cm³/mol. The molecule has 1 saturated heterocycles. The van der Waals surface area contributed by atoms with Gasteiger partial charge in [-0.1, -0.05) is 0 Å². The van der Waals surface area contributed by atoms with Crippen molar-refractivity contribution < 1.29 is 30.1 Å². The van der Waals surface area contributed by atoms with Gasteiger partial charge in [0, 0.05) is 0 Å². The lowest BCUT2D eigenvalue weighted by Crippen LogP contribution is -2.66. The molecule has 5 N–H and O–H groups in total.